The fourth-order valence-electron chi connectivity index (χ4n) is 0.470. The Kier molecular flexibility index (Phi) is 7.95. The maximum absolute atomic E-state index is 8.71. The van der Waals surface area contributed by atoms with Crippen molar-refractivity contribution in [1.82, 2.24) is 0 Å². The highest BCUT2D eigenvalue weighted by Crippen LogP contribution is 2.60. The first kappa shape index (κ1) is 13.4. The molecular weight excluding hydrogens is 227 g/mol. The van der Waals surface area contributed by atoms with E-state index in [1.165, 1.54) is 0 Å². The fourth-order valence-corrected chi connectivity index (χ4v) is 3.44. The fraction of sp³-hybridized carbons (Fsp3) is 0.429. The van der Waals surface area contributed by atoms with Crippen molar-refractivity contribution < 1.29 is 14.2 Å². The minimum absolute atomic E-state index is 0.106. The molecule has 0 bridgehead atoms. The van der Waals surface area contributed by atoms with E-state index in [4.69, 9.17) is 26.0 Å². The molecule has 0 unspecified atom stereocenters. The van der Waals surface area contributed by atoms with E-state index >= 15 is 0 Å². The summed E-state index contributed by atoms with van der Waals surface area (Å²) in [5.41, 5.74) is -2.39. The van der Waals surface area contributed by atoms with Gasteiger partial charge in [-0.25, -0.2) is 0 Å². The van der Waals surface area contributed by atoms with Crippen molar-refractivity contribution >= 4 is 28.9 Å². The number of aliphatic hydroxyl groups excluding tert-OH is 1. The quantitative estimate of drug-likeness (QED) is 0.400. The average Bonchev–Trinajstić information content (AvgIpc) is 2.12. The minimum atomic E-state index is -2.39. The highest BCUT2D eigenvalue weighted by Gasteiger charge is 2.18. The molecule has 0 aliphatic carbocycles. The molecule has 3 nitrogen and oxygen atoms in total. The molecule has 0 saturated carbocycles. The highest BCUT2D eigenvalue weighted by atomic mass is 32.9. The molecule has 0 aromatic heterocycles. The van der Waals surface area contributed by atoms with E-state index in [-0.39, 0.29) is 5.94 Å². The van der Waals surface area contributed by atoms with Crippen LogP contribution in [0, 0.1) is 0 Å². The summed E-state index contributed by atoms with van der Waals surface area (Å²) in [7, 11) is 0. The van der Waals surface area contributed by atoms with Crippen molar-refractivity contribution in [3.05, 3.63) is 25.3 Å². The van der Waals surface area contributed by atoms with Crippen LogP contribution in [0.15, 0.2) is 25.3 Å². The van der Waals surface area contributed by atoms with Crippen molar-refractivity contribution in [2.24, 2.45) is 0 Å². The molecule has 0 aliphatic heterocycles. The standard InChI is InChI=1S/C7H13O3PS2/c1-3-5-9-11(12,13-7-8)10-6-4-2/h3-4,8H,1-2,5-7H2. The Balaban J connectivity index is 4.06. The van der Waals surface area contributed by atoms with Crippen molar-refractivity contribution in [1.29, 1.82) is 0 Å². The molecule has 13 heavy (non-hydrogen) atoms. The Morgan fingerprint density at radius 2 is 1.77 bits per heavy atom. The lowest BCUT2D eigenvalue weighted by Gasteiger charge is -2.18. The maximum atomic E-state index is 8.71. The molecule has 6 heteroatoms. The summed E-state index contributed by atoms with van der Waals surface area (Å²) >= 11 is 6.21. The average molecular weight is 240 g/mol. The summed E-state index contributed by atoms with van der Waals surface area (Å²) in [6, 6.07) is 0. The van der Waals surface area contributed by atoms with Crippen LogP contribution in [-0.4, -0.2) is 24.3 Å². The van der Waals surface area contributed by atoms with Crippen molar-refractivity contribution in [3.63, 3.8) is 0 Å². The van der Waals surface area contributed by atoms with Crippen LogP contribution in [0.1, 0.15) is 0 Å². The molecular formula is C7H13O3PS2. The van der Waals surface area contributed by atoms with Crippen molar-refractivity contribution in [3.8, 4) is 0 Å². The zero-order valence-corrected chi connectivity index (χ0v) is 9.75. The molecule has 76 valence electrons. The number of aliphatic hydroxyl groups is 1. The zero-order valence-electron chi connectivity index (χ0n) is 7.22. The molecule has 0 amide bonds. The first-order chi connectivity index (χ1) is 6.18. The van der Waals surface area contributed by atoms with Gasteiger partial charge in [-0.1, -0.05) is 12.2 Å². The van der Waals surface area contributed by atoms with Crippen LogP contribution in [0.2, 0.25) is 0 Å². The topological polar surface area (TPSA) is 38.7 Å². The van der Waals surface area contributed by atoms with Gasteiger partial charge in [0.1, 0.15) is 0 Å². The van der Waals surface area contributed by atoms with Crippen LogP contribution >= 0.6 is 17.1 Å². The van der Waals surface area contributed by atoms with Gasteiger partial charge in [-0.15, -0.1) is 13.2 Å². The Hall–Kier alpha value is 0.360. The lowest BCUT2D eigenvalue weighted by molar-refractivity contribution is 0.301. The van der Waals surface area contributed by atoms with Crippen molar-refractivity contribution in [2.75, 3.05) is 19.2 Å². The summed E-state index contributed by atoms with van der Waals surface area (Å²) < 4.78 is 10.5. The van der Waals surface area contributed by atoms with Crippen LogP contribution in [0.4, 0.5) is 0 Å². The van der Waals surface area contributed by atoms with E-state index in [1.54, 1.807) is 12.2 Å². The minimum Gasteiger partial charge on any atom is -0.385 e. The molecule has 0 rings (SSSR count). The molecule has 0 aromatic rings. The Morgan fingerprint density at radius 3 is 2.08 bits per heavy atom. The molecule has 0 spiro atoms. The summed E-state index contributed by atoms with van der Waals surface area (Å²) in [4.78, 5) is 0. The van der Waals surface area contributed by atoms with Gasteiger partial charge in [0.25, 0.3) is 0 Å². The molecule has 0 aromatic carbocycles. The first-order valence-electron chi connectivity index (χ1n) is 3.55. The van der Waals surface area contributed by atoms with Crippen LogP contribution in [0.25, 0.3) is 0 Å². The third-order valence-corrected chi connectivity index (χ3v) is 5.79. The largest absolute Gasteiger partial charge is 0.385 e. The summed E-state index contributed by atoms with van der Waals surface area (Å²) in [6.45, 7) is 7.68. The lowest BCUT2D eigenvalue weighted by atomic mass is 10.7. The van der Waals surface area contributed by atoms with E-state index in [1.807, 2.05) is 0 Å². The van der Waals surface area contributed by atoms with E-state index < -0.39 is 5.69 Å². The van der Waals surface area contributed by atoms with E-state index in [0.29, 0.717) is 13.2 Å². The van der Waals surface area contributed by atoms with Gasteiger partial charge in [-0.2, -0.15) is 0 Å². The number of rotatable bonds is 8. The monoisotopic (exact) mass is 240 g/mol. The van der Waals surface area contributed by atoms with Gasteiger partial charge < -0.3 is 14.2 Å². The van der Waals surface area contributed by atoms with Crippen LogP contribution in [-0.2, 0) is 20.9 Å². The molecule has 0 saturated heterocycles. The second-order valence-electron chi connectivity index (χ2n) is 1.87. The van der Waals surface area contributed by atoms with Gasteiger partial charge in [-0.3, -0.25) is 0 Å². The van der Waals surface area contributed by atoms with Crippen LogP contribution in [0.3, 0.4) is 0 Å². The van der Waals surface area contributed by atoms with Gasteiger partial charge in [0.2, 0.25) is 5.69 Å². The van der Waals surface area contributed by atoms with E-state index in [9.17, 15) is 0 Å². The number of hydrogen-bond acceptors (Lipinski definition) is 5. The van der Waals surface area contributed by atoms with Gasteiger partial charge in [0.15, 0.2) is 0 Å². The van der Waals surface area contributed by atoms with Gasteiger partial charge in [0, 0.05) is 0 Å². The summed E-state index contributed by atoms with van der Waals surface area (Å²) in [6.07, 6.45) is 3.19. The maximum Gasteiger partial charge on any atom is 0.250 e. The Labute approximate surface area is 87.7 Å². The van der Waals surface area contributed by atoms with Gasteiger partial charge in [0.05, 0.1) is 19.2 Å². The number of hydrogen-bond donors (Lipinski definition) is 1. The third-order valence-electron chi connectivity index (χ3n) is 0.917. The van der Waals surface area contributed by atoms with Gasteiger partial charge in [-0.05, 0) is 23.2 Å². The first-order valence-corrected chi connectivity index (χ1v) is 7.77. The van der Waals surface area contributed by atoms with Crippen LogP contribution in [0.5, 0.6) is 0 Å². The van der Waals surface area contributed by atoms with Gasteiger partial charge >= 0.3 is 0 Å². The SMILES string of the molecule is C=CCOP(=S)(OCC=C)SCO. The van der Waals surface area contributed by atoms with E-state index in [0.717, 1.165) is 11.4 Å². The molecule has 0 fully saturated rings. The molecule has 0 heterocycles. The predicted molar refractivity (Wildman–Crippen MR) is 61.3 cm³/mol. The lowest BCUT2D eigenvalue weighted by Crippen LogP contribution is -1.93. The second-order valence-corrected chi connectivity index (χ2v) is 8.15. The second kappa shape index (κ2) is 7.74. The third kappa shape index (κ3) is 6.43. The predicted octanol–water partition coefficient (Wildman–Crippen LogP) is 2.30. The summed E-state index contributed by atoms with van der Waals surface area (Å²) in [5, 5.41) is 8.71. The molecule has 0 aliphatic rings. The molecule has 0 atom stereocenters. The van der Waals surface area contributed by atoms with Crippen LogP contribution < -0.4 is 0 Å². The van der Waals surface area contributed by atoms with E-state index in [2.05, 4.69) is 13.2 Å². The smallest absolute Gasteiger partial charge is 0.250 e. The summed E-state index contributed by atoms with van der Waals surface area (Å²) in [5.74, 6) is -0.106. The normalized spacial score (nSPS) is 11.2. The molecule has 0 radical (unpaired) electrons. The van der Waals surface area contributed by atoms with Crippen molar-refractivity contribution in [2.45, 2.75) is 0 Å². The Morgan fingerprint density at radius 1 is 1.31 bits per heavy atom. The Bertz CT molecular complexity index is 192. The highest BCUT2D eigenvalue weighted by molar-refractivity contribution is 8.67. The molecule has 1 N–H and O–H groups in total. The zero-order chi connectivity index (χ0) is 10.2.